The van der Waals surface area contributed by atoms with E-state index in [0.29, 0.717) is 23.6 Å². The van der Waals surface area contributed by atoms with Crippen LogP contribution in [-0.4, -0.2) is 14.2 Å². The maximum absolute atomic E-state index is 12.2. The molecule has 0 saturated carbocycles. The Morgan fingerprint density at radius 2 is 1.41 bits per heavy atom. The zero-order valence-corrected chi connectivity index (χ0v) is 17.0. The number of hydrogen-bond donors (Lipinski definition) is 1. The van der Waals surface area contributed by atoms with Crippen molar-refractivity contribution in [2.45, 2.75) is 25.6 Å². The summed E-state index contributed by atoms with van der Waals surface area (Å²) in [7, 11) is -3.39. The highest BCUT2D eigenvalue weighted by Gasteiger charge is 2.45. The molecule has 0 unspecified atom stereocenters. The molecular formula is C23H23NO4S. The Balaban J connectivity index is 1.69. The van der Waals surface area contributed by atoms with Crippen LogP contribution in [0.25, 0.3) is 0 Å². The Morgan fingerprint density at radius 3 is 2.00 bits per heavy atom. The molecule has 0 fully saturated rings. The van der Waals surface area contributed by atoms with Crippen molar-refractivity contribution < 1.29 is 17.9 Å². The molecule has 1 N–H and O–H groups in total. The van der Waals surface area contributed by atoms with Crippen LogP contribution < -0.4 is 14.2 Å². The van der Waals surface area contributed by atoms with Crippen LogP contribution in [0.15, 0.2) is 78.9 Å². The standard InChI is InChI=1S/C23H23NO4S/c1-2-3-16-29(25,26)24-20-14-15-21-22(17-20)28-23(27-21,18-10-6-4-7-11-18)19-12-8-5-9-13-19/h4-15,17,24H,2-3,16H2,1H3. The molecule has 1 aliphatic rings. The molecule has 0 aromatic heterocycles. The topological polar surface area (TPSA) is 64.6 Å². The van der Waals surface area contributed by atoms with E-state index in [9.17, 15) is 8.42 Å². The van der Waals surface area contributed by atoms with Gasteiger partial charge in [-0.1, -0.05) is 74.0 Å². The molecule has 5 nitrogen and oxygen atoms in total. The number of rotatable bonds is 7. The highest BCUT2D eigenvalue weighted by atomic mass is 32.2. The first kappa shape index (κ1) is 19.3. The number of sulfonamides is 1. The number of ether oxygens (including phenoxy) is 2. The molecule has 150 valence electrons. The van der Waals surface area contributed by atoms with Crippen molar-refractivity contribution in [3.05, 3.63) is 90.0 Å². The minimum absolute atomic E-state index is 0.0932. The lowest BCUT2D eigenvalue weighted by Crippen LogP contribution is -2.36. The van der Waals surface area contributed by atoms with Crippen molar-refractivity contribution in [1.82, 2.24) is 0 Å². The monoisotopic (exact) mass is 409 g/mol. The van der Waals surface area contributed by atoms with Gasteiger partial charge in [0.25, 0.3) is 0 Å². The quantitative estimate of drug-likeness (QED) is 0.603. The van der Waals surface area contributed by atoms with E-state index >= 15 is 0 Å². The molecule has 1 heterocycles. The summed E-state index contributed by atoms with van der Waals surface area (Å²) < 4.78 is 39.8. The third kappa shape index (κ3) is 3.93. The Kier molecular flexibility index (Phi) is 5.20. The van der Waals surface area contributed by atoms with Gasteiger partial charge >= 0.3 is 5.79 Å². The van der Waals surface area contributed by atoms with Crippen molar-refractivity contribution in [1.29, 1.82) is 0 Å². The van der Waals surface area contributed by atoms with Gasteiger partial charge < -0.3 is 9.47 Å². The lowest BCUT2D eigenvalue weighted by Gasteiger charge is -2.28. The summed E-state index contributed by atoms with van der Waals surface area (Å²) in [4.78, 5) is 0. The molecule has 0 bridgehead atoms. The molecule has 0 radical (unpaired) electrons. The maximum Gasteiger partial charge on any atom is 0.305 e. The van der Waals surface area contributed by atoms with Gasteiger partial charge in [-0.2, -0.15) is 0 Å². The molecular weight excluding hydrogens is 386 g/mol. The Hall–Kier alpha value is -2.99. The molecule has 3 aromatic rings. The van der Waals surface area contributed by atoms with Crippen LogP contribution >= 0.6 is 0 Å². The predicted octanol–water partition coefficient (Wildman–Crippen LogP) is 4.90. The average molecular weight is 410 g/mol. The van der Waals surface area contributed by atoms with Crippen molar-refractivity contribution >= 4 is 15.7 Å². The molecule has 0 atom stereocenters. The molecule has 6 heteroatoms. The minimum Gasteiger partial charge on any atom is -0.440 e. The van der Waals surface area contributed by atoms with Crippen molar-refractivity contribution in [2.75, 3.05) is 10.5 Å². The molecule has 0 saturated heterocycles. The smallest absolute Gasteiger partial charge is 0.305 e. The van der Waals surface area contributed by atoms with Gasteiger partial charge in [0, 0.05) is 17.2 Å². The molecule has 4 rings (SSSR count). The van der Waals surface area contributed by atoms with Gasteiger partial charge in [-0.3, -0.25) is 4.72 Å². The first-order valence-electron chi connectivity index (χ1n) is 9.66. The summed E-state index contributed by atoms with van der Waals surface area (Å²) in [5.74, 6) is 0.0307. The largest absolute Gasteiger partial charge is 0.440 e. The van der Waals surface area contributed by atoms with Crippen LogP contribution in [-0.2, 0) is 15.8 Å². The van der Waals surface area contributed by atoms with E-state index in [2.05, 4.69) is 4.72 Å². The fourth-order valence-electron chi connectivity index (χ4n) is 3.35. The minimum atomic E-state index is -3.39. The van der Waals surface area contributed by atoms with Crippen LogP contribution in [0.4, 0.5) is 5.69 Å². The third-order valence-electron chi connectivity index (χ3n) is 4.80. The van der Waals surface area contributed by atoms with Crippen molar-refractivity contribution in [2.24, 2.45) is 0 Å². The fourth-order valence-corrected chi connectivity index (χ4v) is 4.61. The molecule has 1 aliphatic heterocycles. The summed E-state index contributed by atoms with van der Waals surface area (Å²) in [5, 5.41) is 0. The molecule has 0 aliphatic carbocycles. The van der Waals surface area contributed by atoms with Crippen LogP contribution in [0, 0.1) is 0 Å². The molecule has 29 heavy (non-hydrogen) atoms. The highest BCUT2D eigenvalue weighted by Crippen LogP contribution is 2.48. The van der Waals surface area contributed by atoms with E-state index in [0.717, 1.165) is 17.5 Å². The van der Waals surface area contributed by atoms with E-state index in [1.807, 2.05) is 67.6 Å². The second-order valence-corrected chi connectivity index (χ2v) is 8.83. The number of anilines is 1. The number of fused-ring (bicyclic) bond motifs is 1. The van der Waals surface area contributed by atoms with E-state index in [1.165, 1.54) is 0 Å². The number of benzene rings is 3. The predicted molar refractivity (Wildman–Crippen MR) is 114 cm³/mol. The van der Waals surface area contributed by atoms with Crippen LogP contribution in [0.2, 0.25) is 0 Å². The Labute approximate surface area is 171 Å². The van der Waals surface area contributed by atoms with Crippen LogP contribution in [0.3, 0.4) is 0 Å². The number of nitrogens with one attached hydrogen (secondary N) is 1. The first-order chi connectivity index (χ1) is 14.0. The van der Waals surface area contributed by atoms with E-state index in [-0.39, 0.29) is 5.75 Å². The third-order valence-corrected chi connectivity index (χ3v) is 6.17. The molecule has 3 aromatic carbocycles. The summed E-state index contributed by atoms with van der Waals surface area (Å²) >= 11 is 0. The lowest BCUT2D eigenvalue weighted by atomic mass is 9.97. The molecule has 0 amide bonds. The van der Waals surface area contributed by atoms with E-state index in [4.69, 9.17) is 9.47 Å². The second kappa shape index (κ2) is 7.79. The molecule has 0 spiro atoms. The normalized spacial score (nSPS) is 14.5. The summed E-state index contributed by atoms with van der Waals surface area (Å²) in [6.45, 7) is 1.96. The zero-order chi connectivity index (χ0) is 20.3. The maximum atomic E-state index is 12.2. The van der Waals surface area contributed by atoms with Gasteiger partial charge in [-0.15, -0.1) is 0 Å². The Bertz CT molecular complexity index is 1040. The number of unbranched alkanes of at least 4 members (excludes halogenated alkanes) is 1. The summed E-state index contributed by atoms with van der Waals surface area (Å²) in [6.07, 6.45) is 1.43. The van der Waals surface area contributed by atoms with Crippen molar-refractivity contribution in [3.8, 4) is 11.5 Å². The number of hydrogen-bond acceptors (Lipinski definition) is 4. The van der Waals surface area contributed by atoms with Gasteiger partial charge in [0.15, 0.2) is 11.5 Å². The van der Waals surface area contributed by atoms with Gasteiger partial charge in [0.1, 0.15) is 0 Å². The zero-order valence-electron chi connectivity index (χ0n) is 16.2. The van der Waals surface area contributed by atoms with Gasteiger partial charge in [-0.25, -0.2) is 8.42 Å². The van der Waals surface area contributed by atoms with Gasteiger partial charge in [0.2, 0.25) is 10.0 Å². The average Bonchev–Trinajstić information content (AvgIpc) is 3.13. The fraction of sp³-hybridized carbons (Fsp3) is 0.217. The van der Waals surface area contributed by atoms with E-state index < -0.39 is 15.8 Å². The Morgan fingerprint density at radius 1 is 0.828 bits per heavy atom. The second-order valence-electron chi connectivity index (χ2n) is 6.99. The first-order valence-corrected chi connectivity index (χ1v) is 11.3. The van der Waals surface area contributed by atoms with Crippen LogP contribution in [0.1, 0.15) is 30.9 Å². The lowest BCUT2D eigenvalue weighted by molar-refractivity contribution is -0.0458. The highest BCUT2D eigenvalue weighted by molar-refractivity contribution is 7.92. The van der Waals surface area contributed by atoms with E-state index in [1.54, 1.807) is 18.2 Å². The SMILES string of the molecule is CCCCS(=O)(=O)Nc1ccc2c(c1)OC(c1ccccc1)(c1ccccc1)O2. The van der Waals surface area contributed by atoms with Gasteiger partial charge in [0.05, 0.1) is 11.4 Å². The summed E-state index contributed by atoms with van der Waals surface area (Å²) in [5.41, 5.74) is 2.17. The van der Waals surface area contributed by atoms with Crippen molar-refractivity contribution in [3.63, 3.8) is 0 Å². The van der Waals surface area contributed by atoms with Gasteiger partial charge in [-0.05, 0) is 18.6 Å². The summed E-state index contributed by atoms with van der Waals surface area (Å²) in [6, 6.07) is 24.5. The van der Waals surface area contributed by atoms with Crippen LogP contribution in [0.5, 0.6) is 11.5 Å².